The van der Waals surface area contributed by atoms with E-state index in [4.69, 9.17) is 4.42 Å². The predicted molar refractivity (Wildman–Crippen MR) is 93.9 cm³/mol. The molecule has 2 N–H and O–H groups in total. The maximum absolute atomic E-state index is 12.6. The number of carboxylic acid groups (broad SMARTS) is 1. The summed E-state index contributed by atoms with van der Waals surface area (Å²) in [7, 11) is 0. The molecule has 1 saturated carbocycles. The summed E-state index contributed by atoms with van der Waals surface area (Å²) in [6.45, 7) is 1.73. The van der Waals surface area contributed by atoms with Gasteiger partial charge in [-0.3, -0.25) is 9.59 Å². The average Bonchev–Trinajstić information content (AvgIpc) is 3.36. The monoisotopic (exact) mass is 360 g/mol. The molecule has 25 heavy (non-hydrogen) atoms. The van der Waals surface area contributed by atoms with E-state index < -0.39 is 17.9 Å². The number of carbonyl (C=O) groups is 2. The molecular formula is C18H20N2O4S. The summed E-state index contributed by atoms with van der Waals surface area (Å²) in [6.07, 6.45) is 3.83. The van der Waals surface area contributed by atoms with E-state index in [9.17, 15) is 14.7 Å². The van der Waals surface area contributed by atoms with E-state index >= 15 is 0 Å². The third-order valence-electron chi connectivity index (χ3n) is 4.15. The van der Waals surface area contributed by atoms with Crippen molar-refractivity contribution < 1.29 is 19.1 Å². The van der Waals surface area contributed by atoms with E-state index in [2.05, 4.69) is 10.3 Å². The zero-order valence-electron chi connectivity index (χ0n) is 14.1. The van der Waals surface area contributed by atoms with Crippen LogP contribution in [0.2, 0.25) is 0 Å². The number of amides is 1. The topological polar surface area (TPSA) is 92.4 Å². The summed E-state index contributed by atoms with van der Waals surface area (Å²) in [4.78, 5) is 29.2. The molecule has 1 aromatic carbocycles. The second kappa shape index (κ2) is 7.31. The van der Waals surface area contributed by atoms with Crippen LogP contribution in [0.15, 0.2) is 33.6 Å². The Labute approximate surface area is 150 Å². The van der Waals surface area contributed by atoms with Gasteiger partial charge < -0.3 is 14.8 Å². The second-order valence-corrected chi connectivity index (χ2v) is 7.02. The van der Waals surface area contributed by atoms with E-state index in [1.54, 1.807) is 18.7 Å². The lowest BCUT2D eigenvalue weighted by Crippen LogP contribution is -2.30. The number of nitrogens with zero attached hydrogens (tertiary/aromatic N) is 1. The molecule has 1 aromatic heterocycles. The highest BCUT2D eigenvalue weighted by molar-refractivity contribution is 7.98. The number of aryl methyl sites for hydroxylation is 1. The minimum atomic E-state index is -0.979. The number of hydrogen-bond acceptors (Lipinski definition) is 5. The Hall–Kier alpha value is -2.28. The number of carbonyl (C=O) groups excluding carboxylic acids is 1. The smallest absolute Gasteiger partial charge is 0.305 e. The first-order valence-corrected chi connectivity index (χ1v) is 9.34. The van der Waals surface area contributed by atoms with Crippen molar-refractivity contribution in [2.24, 2.45) is 0 Å². The van der Waals surface area contributed by atoms with Crippen molar-refractivity contribution in [1.82, 2.24) is 10.3 Å². The molecular weight excluding hydrogens is 340 g/mol. The van der Waals surface area contributed by atoms with Crippen LogP contribution in [0.4, 0.5) is 0 Å². The Morgan fingerprint density at radius 2 is 2.04 bits per heavy atom. The van der Waals surface area contributed by atoms with E-state index in [1.807, 2.05) is 30.5 Å². The molecule has 6 nitrogen and oxygen atoms in total. The number of thioether (sulfide) groups is 1. The molecule has 0 saturated heterocycles. The molecule has 0 spiro atoms. The van der Waals surface area contributed by atoms with Crippen LogP contribution in [-0.2, 0) is 4.79 Å². The normalized spacial score (nSPS) is 15.0. The first kappa shape index (κ1) is 17.5. The number of oxazole rings is 1. The van der Waals surface area contributed by atoms with Gasteiger partial charge in [0.2, 0.25) is 5.76 Å². The summed E-state index contributed by atoms with van der Waals surface area (Å²) in [5.41, 5.74) is 1.28. The maximum atomic E-state index is 12.6. The minimum absolute atomic E-state index is 0.165. The van der Waals surface area contributed by atoms with Crippen LogP contribution in [-0.4, -0.2) is 28.2 Å². The van der Waals surface area contributed by atoms with Crippen LogP contribution in [0.5, 0.6) is 0 Å². The Kier molecular flexibility index (Phi) is 5.13. The molecule has 0 radical (unpaired) electrons. The second-order valence-electron chi connectivity index (χ2n) is 6.14. The number of hydrogen-bond donors (Lipinski definition) is 2. The van der Waals surface area contributed by atoms with Gasteiger partial charge in [-0.2, -0.15) is 0 Å². The van der Waals surface area contributed by atoms with Gasteiger partial charge >= 0.3 is 5.97 Å². The molecule has 1 unspecified atom stereocenters. The predicted octanol–water partition coefficient (Wildman–Crippen LogP) is 3.53. The van der Waals surface area contributed by atoms with Crippen molar-refractivity contribution in [2.75, 3.05) is 6.26 Å². The SMILES string of the molecule is CSc1ccc(C(CC(=O)O)NC(=O)c2oc(C3CC3)nc2C)cc1. The molecule has 0 aliphatic heterocycles. The molecule has 132 valence electrons. The van der Waals surface area contributed by atoms with Gasteiger partial charge in [0, 0.05) is 10.8 Å². The van der Waals surface area contributed by atoms with Gasteiger partial charge in [-0.25, -0.2) is 4.98 Å². The summed E-state index contributed by atoms with van der Waals surface area (Å²) in [6, 6.07) is 6.86. The average molecular weight is 360 g/mol. The summed E-state index contributed by atoms with van der Waals surface area (Å²) in [5, 5.41) is 11.9. The van der Waals surface area contributed by atoms with Crippen molar-refractivity contribution >= 4 is 23.6 Å². The van der Waals surface area contributed by atoms with Gasteiger partial charge in [-0.05, 0) is 43.7 Å². The fourth-order valence-corrected chi connectivity index (χ4v) is 3.03. The molecule has 1 heterocycles. The van der Waals surface area contributed by atoms with Crippen molar-refractivity contribution in [3.05, 3.63) is 47.2 Å². The van der Waals surface area contributed by atoms with Crippen molar-refractivity contribution in [1.29, 1.82) is 0 Å². The quantitative estimate of drug-likeness (QED) is 0.734. The Balaban J connectivity index is 1.79. The lowest BCUT2D eigenvalue weighted by Gasteiger charge is -2.17. The molecule has 1 atom stereocenters. The van der Waals surface area contributed by atoms with Crippen LogP contribution in [0, 0.1) is 6.92 Å². The largest absolute Gasteiger partial charge is 0.481 e. The highest BCUT2D eigenvalue weighted by Gasteiger charge is 2.31. The van der Waals surface area contributed by atoms with Gasteiger partial charge in [-0.15, -0.1) is 11.8 Å². The molecule has 2 aromatic rings. The Bertz CT molecular complexity index is 781. The zero-order valence-corrected chi connectivity index (χ0v) is 14.9. The van der Waals surface area contributed by atoms with Crippen LogP contribution < -0.4 is 5.32 Å². The van der Waals surface area contributed by atoms with E-state index in [-0.39, 0.29) is 12.2 Å². The number of aliphatic carboxylic acids is 1. The highest BCUT2D eigenvalue weighted by Crippen LogP contribution is 2.40. The zero-order chi connectivity index (χ0) is 18.0. The van der Waals surface area contributed by atoms with Crippen LogP contribution in [0.3, 0.4) is 0 Å². The third-order valence-corrected chi connectivity index (χ3v) is 4.89. The number of rotatable bonds is 7. The number of nitrogens with one attached hydrogen (secondary N) is 1. The third kappa shape index (κ3) is 4.22. The summed E-state index contributed by atoms with van der Waals surface area (Å²) < 4.78 is 5.60. The van der Waals surface area contributed by atoms with Gasteiger partial charge in [0.1, 0.15) is 0 Å². The highest BCUT2D eigenvalue weighted by atomic mass is 32.2. The maximum Gasteiger partial charge on any atom is 0.305 e. The number of aromatic nitrogens is 1. The van der Waals surface area contributed by atoms with Crippen LogP contribution in [0.25, 0.3) is 0 Å². The van der Waals surface area contributed by atoms with E-state index in [0.717, 1.165) is 23.3 Å². The fourth-order valence-electron chi connectivity index (χ4n) is 2.62. The molecule has 3 rings (SSSR count). The molecule has 1 aliphatic carbocycles. The molecule has 1 fully saturated rings. The van der Waals surface area contributed by atoms with Crippen molar-refractivity contribution in [3.63, 3.8) is 0 Å². The van der Waals surface area contributed by atoms with Crippen molar-refractivity contribution in [2.45, 2.75) is 43.0 Å². The van der Waals surface area contributed by atoms with E-state index in [0.29, 0.717) is 17.5 Å². The fraction of sp³-hybridized carbons (Fsp3) is 0.389. The van der Waals surface area contributed by atoms with Crippen LogP contribution >= 0.6 is 11.8 Å². The van der Waals surface area contributed by atoms with Crippen molar-refractivity contribution in [3.8, 4) is 0 Å². The first-order valence-electron chi connectivity index (χ1n) is 8.12. The number of carboxylic acids is 1. The van der Waals surface area contributed by atoms with Gasteiger partial charge in [0.05, 0.1) is 18.2 Å². The Morgan fingerprint density at radius 1 is 1.36 bits per heavy atom. The first-order chi connectivity index (χ1) is 12.0. The van der Waals surface area contributed by atoms with Gasteiger partial charge in [0.25, 0.3) is 5.91 Å². The Morgan fingerprint density at radius 3 is 2.60 bits per heavy atom. The lowest BCUT2D eigenvalue weighted by molar-refractivity contribution is -0.137. The van der Waals surface area contributed by atoms with Gasteiger partial charge in [-0.1, -0.05) is 12.1 Å². The molecule has 0 bridgehead atoms. The van der Waals surface area contributed by atoms with Crippen LogP contribution in [0.1, 0.15) is 58.9 Å². The lowest BCUT2D eigenvalue weighted by atomic mass is 10.0. The number of benzene rings is 1. The minimum Gasteiger partial charge on any atom is -0.481 e. The van der Waals surface area contributed by atoms with Gasteiger partial charge in [0.15, 0.2) is 5.89 Å². The van der Waals surface area contributed by atoms with E-state index in [1.165, 1.54) is 0 Å². The molecule has 7 heteroatoms. The standard InChI is InChI=1S/C18H20N2O4S/c1-10-16(24-18(19-10)12-3-4-12)17(23)20-14(9-15(21)22)11-5-7-13(25-2)8-6-11/h5-8,12,14H,3-4,9H2,1-2H3,(H,20,23)(H,21,22). The summed E-state index contributed by atoms with van der Waals surface area (Å²) >= 11 is 1.60. The summed E-state index contributed by atoms with van der Waals surface area (Å²) in [5.74, 6) is -0.335. The molecule has 1 amide bonds. The molecule has 1 aliphatic rings.